The Bertz CT molecular complexity index is 508. The number of aryl methyl sites for hydroxylation is 1. The molecule has 1 aromatic carbocycles. The van der Waals surface area contributed by atoms with Crippen LogP contribution in [0.25, 0.3) is 5.69 Å². The van der Waals surface area contributed by atoms with Crippen molar-refractivity contribution in [3.05, 3.63) is 46.2 Å². The first kappa shape index (κ1) is 10.5. The van der Waals surface area contributed by atoms with Crippen LogP contribution in [0.15, 0.2) is 24.4 Å². The number of benzene rings is 1. The fourth-order valence-corrected chi connectivity index (χ4v) is 1.73. The molecule has 0 bridgehead atoms. The molecule has 5 heteroatoms. The van der Waals surface area contributed by atoms with Crippen LogP contribution in [0.1, 0.15) is 5.82 Å². The van der Waals surface area contributed by atoms with E-state index in [4.69, 9.17) is 23.2 Å². The molecule has 0 fully saturated rings. The van der Waals surface area contributed by atoms with Crippen molar-refractivity contribution in [2.24, 2.45) is 0 Å². The number of nitrogens with zero attached hydrogens (tertiary/aromatic N) is 2. The summed E-state index contributed by atoms with van der Waals surface area (Å²) in [5.74, 6) is 0.284. The van der Waals surface area contributed by atoms with E-state index in [1.807, 2.05) is 6.92 Å². The van der Waals surface area contributed by atoms with Gasteiger partial charge in [-0.2, -0.15) is 0 Å². The Labute approximate surface area is 96.3 Å². The number of hydrogen-bond donors (Lipinski definition) is 0. The topological polar surface area (TPSA) is 17.8 Å². The van der Waals surface area contributed by atoms with E-state index in [0.29, 0.717) is 5.15 Å². The molecule has 2 rings (SSSR count). The SMILES string of the molecule is Cc1nc(Cl)cn1-c1ccc(F)c(Cl)c1. The first-order chi connectivity index (χ1) is 7.08. The average molecular weight is 245 g/mol. The van der Waals surface area contributed by atoms with Crippen molar-refractivity contribution in [3.8, 4) is 5.69 Å². The van der Waals surface area contributed by atoms with E-state index in [1.165, 1.54) is 12.1 Å². The number of halogens is 3. The van der Waals surface area contributed by atoms with E-state index >= 15 is 0 Å². The third kappa shape index (κ3) is 1.98. The molecule has 0 aliphatic rings. The maximum absolute atomic E-state index is 12.9. The van der Waals surface area contributed by atoms with Gasteiger partial charge in [0.25, 0.3) is 0 Å². The monoisotopic (exact) mass is 244 g/mol. The highest BCUT2D eigenvalue weighted by Gasteiger charge is 2.06. The molecular weight excluding hydrogens is 238 g/mol. The molecule has 1 heterocycles. The molecule has 0 radical (unpaired) electrons. The summed E-state index contributed by atoms with van der Waals surface area (Å²) in [5, 5.41) is 0.477. The minimum absolute atomic E-state index is 0.0803. The van der Waals surface area contributed by atoms with Crippen LogP contribution >= 0.6 is 23.2 Å². The van der Waals surface area contributed by atoms with Gasteiger partial charge in [-0.25, -0.2) is 9.37 Å². The van der Waals surface area contributed by atoms with Crippen molar-refractivity contribution in [3.63, 3.8) is 0 Å². The van der Waals surface area contributed by atoms with Crippen molar-refractivity contribution in [2.75, 3.05) is 0 Å². The zero-order chi connectivity index (χ0) is 11.0. The van der Waals surface area contributed by atoms with Crippen LogP contribution in [0.2, 0.25) is 10.2 Å². The Hall–Kier alpha value is -1.06. The van der Waals surface area contributed by atoms with Gasteiger partial charge in [-0.3, -0.25) is 0 Å². The van der Waals surface area contributed by atoms with Gasteiger partial charge in [-0.1, -0.05) is 23.2 Å². The lowest BCUT2D eigenvalue weighted by atomic mass is 10.3. The molecule has 0 unspecified atom stereocenters. The molecule has 0 atom stereocenters. The van der Waals surface area contributed by atoms with E-state index in [9.17, 15) is 4.39 Å². The van der Waals surface area contributed by atoms with Crippen LogP contribution in [0.5, 0.6) is 0 Å². The van der Waals surface area contributed by atoms with Crippen LogP contribution in [0, 0.1) is 12.7 Å². The third-order valence-electron chi connectivity index (χ3n) is 2.03. The molecule has 0 aliphatic carbocycles. The second-order valence-corrected chi connectivity index (χ2v) is 3.87. The largest absolute Gasteiger partial charge is 0.302 e. The first-order valence-electron chi connectivity index (χ1n) is 4.25. The maximum Gasteiger partial charge on any atom is 0.147 e. The molecule has 15 heavy (non-hydrogen) atoms. The molecule has 0 spiro atoms. The van der Waals surface area contributed by atoms with Gasteiger partial charge in [0.15, 0.2) is 0 Å². The third-order valence-corrected chi connectivity index (χ3v) is 2.51. The Morgan fingerprint density at radius 1 is 1.33 bits per heavy atom. The Balaban J connectivity index is 2.54. The number of imidazole rings is 1. The second kappa shape index (κ2) is 3.83. The predicted molar refractivity (Wildman–Crippen MR) is 58.3 cm³/mol. The zero-order valence-corrected chi connectivity index (χ0v) is 9.35. The standard InChI is InChI=1S/C10H7Cl2FN2/c1-6-14-10(12)5-15(6)7-2-3-9(13)8(11)4-7/h2-5H,1H3. The van der Waals surface area contributed by atoms with E-state index < -0.39 is 5.82 Å². The smallest absolute Gasteiger partial charge is 0.147 e. The van der Waals surface area contributed by atoms with E-state index in [-0.39, 0.29) is 5.02 Å². The molecule has 0 saturated heterocycles. The highest BCUT2D eigenvalue weighted by Crippen LogP contribution is 2.21. The number of rotatable bonds is 1. The molecule has 2 nitrogen and oxygen atoms in total. The summed E-state index contributed by atoms with van der Waals surface area (Å²) < 4.78 is 14.7. The van der Waals surface area contributed by atoms with Crippen LogP contribution in [-0.2, 0) is 0 Å². The summed E-state index contributed by atoms with van der Waals surface area (Å²) in [6, 6.07) is 4.46. The second-order valence-electron chi connectivity index (χ2n) is 3.08. The lowest BCUT2D eigenvalue weighted by Crippen LogP contribution is -1.95. The van der Waals surface area contributed by atoms with Gasteiger partial charge in [0, 0.05) is 11.9 Å². The molecule has 0 amide bonds. The van der Waals surface area contributed by atoms with Gasteiger partial charge in [-0.05, 0) is 25.1 Å². The fraction of sp³-hybridized carbons (Fsp3) is 0.100. The molecular formula is C10H7Cl2FN2. The summed E-state index contributed by atoms with van der Waals surface area (Å²) in [7, 11) is 0. The molecule has 78 valence electrons. The van der Waals surface area contributed by atoms with Gasteiger partial charge >= 0.3 is 0 Å². The van der Waals surface area contributed by atoms with Crippen LogP contribution in [0.4, 0.5) is 4.39 Å². The van der Waals surface area contributed by atoms with Gasteiger partial charge in [0.05, 0.1) is 5.02 Å². The lowest BCUT2D eigenvalue weighted by Gasteiger charge is -2.05. The van der Waals surface area contributed by atoms with E-state index in [1.54, 1.807) is 16.8 Å². The molecule has 2 aromatic rings. The average Bonchev–Trinajstić information content (AvgIpc) is 2.50. The van der Waals surface area contributed by atoms with Crippen molar-refractivity contribution in [1.82, 2.24) is 9.55 Å². The number of aromatic nitrogens is 2. The minimum atomic E-state index is -0.440. The summed E-state index contributed by atoms with van der Waals surface area (Å²) >= 11 is 11.4. The summed E-state index contributed by atoms with van der Waals surface area (Å²) in [5.41, 5.74) is 0.735. The molecule has 1 aromatic heterocycles. The molecule has 0 saturated carbocycles. The summed E-state index contributed by atoms with van der Waals surface area (Å²) in [6.07, 6.45) is 1.65. The van der Waals surface area contributed by atoms with Crippen LogP contribution in [0.3, 0.4) is 0 Å². The summed E-state index contributed by atoms with van der Waals surface area (Å²) in [6.45, 7) is 1.81. The van der Waals surface area contributed by atoms with Crippen molar-refractivity contribution < 1.29 is 4.39 Å². The summed E-state index contributed by atoms with van der Waals surface area (Å²) in [4.78, 5) is 4.03. The van der Waals surface area contributed by atoms with Crippen molar-refractivity contribution in [1.29, 1.82) is 0 Å². The van der Waals surface area contributed by atoms with Gasteiger partial charge in [-0.15, -0.1) is 0 Å². The van der Waals surface area contributed by atoms with E-state index in [2.05, 4.69) is 4.98 Å². The molecule has 0 N–H and O–H groups in total. The minimum Gasteiger partial charge on any atom is -0.302 e. The van der Waals surface area contributed by atoms with Gasteiger partial charge in [0.2, 0.25) is 0 Å². The van der Waals surface area contributed by atoms with Crippen LogP contribution < -0.4 is 0 Å². The Morgan fingerprint density at radius 2 is 2.07 bits per heavy atom. The lowest BCUT2D eigenvalue weighted by molar-refractivity contribution is 0.627. The van der Waals surface area contributed by atoms with Crippen LogP contribution in [-0.4, -0.2) is 9.55 Å². The van der Waals surface area contributed by atoms with Crippen molar-refractivity contribution in [2.45, 2.75) is 6.92 Å². The van der Waals surface area contributed by atoms with Gasteiger partial charge in [0.1, 0.15) is 16.8 Å². The Kier molecular flexibility index (Phi) is 2.67. The van der Waals surface area contributed by atoms with Crippen molar-refractivity contribution >= 4 is 23.2 Å². The normalized spacial score (nSPS) is 10.7. The number of hydrogen-bond acceptors (Lipinski definition) is 1. The predicted octanol–water partition coefficient (Wildman–Crippen LogP) is 3.63. The van der Waals surface area contributed by atoms with Gasteiger partial charge < -0.3 is 4.57 Å². The highest BCUT2D eigenvalue weighted by molar-refractivity contribution is 6.31. The maximum atomic E-state index is 12.9. The first-order valence-corrected chi connectivity index (χ1v) is 5.00. The molecule has 0 aliphatic heterocycles. The quantitative estimate of drug-likeness (QED) is 0.750. The van der Waals surface area contributed by atoms with E-state index in [0.717, 1.165) is 11.5 Å². The highest BCUT2D eigenvalue weighted by atomic mass is 35.5. The zero-order valence-electron chi connectivity index (χ0n) is 7.84. The fourth-order valence-electron chi connectivity index (χ4n) is 1.33. The Morgan fingerprint density at radius 3 is 2.60 bits per heavy atom.